The van der Waals surface area contributed by atoms with Gasteiger partial charge in [-0.15, -0.1) is 6.58 Å². The van der Waals surface area contributed by atoms with Gasteiger partial charge in [-0.05, 0) is 39.0 Å². The van der Waals surface area contributed by atoms with Gasteiger partial charge in [0, 0.05) is 48.9 Å². The zero-order valence-corrected chi connectivity index (χ0v) is 25.2. The van der Waals surface area contributed by atoms with Crippen molar-refractivity contribution in [3.63, 3.8) is 0 Å². The summed E-state index contributed by atoms with van der Waals surface area (Å²) in [6, 6.07) is 3.59. The second-order valence-electron chi connectivity index (χ2n) is 10.5. The molecule has 0 amide bonds. The minimum atomic E-state index is -0.300. The molecule has 0 spiro atoms. The Morgan fingerprint density at radius 3 is 2.44 bits per heavy atom. The Hall–Kier alpha value is -2.89. The number of fused-ring (bicyclic) bond motifs is 1. The number of likely N-dealkylation sites (tertiary alicyclic amines) is 2. The summed E-state index contributed by atoms with van der Waals surface area (Å²) in [5, 5.41) is 4.57. The Balaban J connectivity index is 1.52. The molecule has 220 valence electrons. The number of nitrogens with one attached hydrogen (secondary N) is 1. The average molecular weight is 604 g/mol. The summed E-state index contributed by atoms with van der Waals surface area (Å²) < 4.78 is 18.6. The third-order valence-electron chi connectivity index (χ3n) is 7.70. The molecule has 2 fully saturated rings. The minimum Gasteiger partial charge on any atom is -0.495 e. The third-order valence-corrected chi connectivity index (χ3v) is 8.45. The van der Waals surface area contributed by atoms with E-state index in [1.165, 1.54) is 14.2 Å². The van der Waals surface area contributed by atoms with Gasteiger partial charge in [0.1, 0.15) is 17.1 Å². The van der Waals surface area contributed by atoms with Crippen molar-refractivity contribution in [3.8, 4) is 22.6 Å². The molecule has 0 unspecified atom stereocenters. The number of benzene rings is 1. The summed E-state index contributed by atoms with van der Waals surface area (Å²) in [4.78, 5) is 28.1. The van der Waals surface area contributed by atoms with Crippen molar-refractivity contribution < 1.29 is 14.2 Å². The second-order valence-corrected chi connectivity index (χ2v) is 11.2. The third kappa shape index (κ3) is 6.32. The van der Waals surface area contributed by atoms with Crippen molar-refractivity contribution >= 4 is 40.2 Å². The molecule has 10 nitrogen and oxygen atoms in total. The maximum absolute atomic E-state index is 14.1. The molecule has 12 heteroatoms. The van der Waals surface area contributed by atoms with Gasteiger partial charge in [0.2, 0.25) is 5.95 Å². The van der Waals surface area contributed by atoms with Crippen molar-refractivity contribution in [3.05, 3.63) is 51.4 Å². The first kappa shape index (κ1) is 29.6. The van der Waals surface area contributed by atoms with Crippen LogP contribution in [0.3, 0.4) is 0 Å². The molecule has 0 radical (unpaired) electrons. The molecule has 0 bridgehead atoms. The van der Waals surface area contributed by atoms with Crippen LogP contribution in [0.1, 0.15) is 12.8 Å². The van der Waals surface area contributed by atoms with E-state index in [9.17, 15) is 4.79 Å². The molecule has 2 aromatic heterocycles. The van der Waals surface area contributed by atoms with E-state index in [1.807, 2.05) is 6.08 Å². The fourth-order valence-corrected chi connectivity index (χ4v) is 6.05. The number of nitrogens with zero attached hydrogens (tertiary/aromatic N) is 5. The number of rotatable bonds is 11. The van der Waals surface area contributed by atoms with Gasteiger partial charge in [0.25, 0.3) is 5.56 Å². The monoisotopic (exact) mass is 602 g/mol. The smallest absolute Gasteiger partial charge is 0.260 e. The van der Waals surface area contributed by atoms with Gasteiger partial charge in [0.05, 0.1) is 49.1 Å². The fraction of sp³-hybridized carbons (Fsp3) is 0.483. The summed E-state index contributed by atoms with van der Waals surface area (Å²) in [6.45, 7) is 8.95. The molecule has 5 rings (SSSR count). The van der Waals surface area contributed by atoms with E-state index < -0.39 is 0 Å². The van der Waals surface area contributed by atoms with Gasteiger partial charge < -0.3 is 24.4 Å². The predicted octanol–water partition coefficient (Wildman–Crippen LogP) is 4.18. The van der Waals surface area contributed by atoms with Crippen molar-refractivity contribution in [1.29, 1.82) is 0 Å². The Kier molecular flexibility index (Phi) is 9.35. The van der Waals surface area contributed by atoms with E-state index in [-0.39, 0.29) is 27.8 Å². The SMILES string of the molecule is C=CCN1CC(OCCn2c(=O)c(-c3c(Cl)c(OC)cc(OC)c3Cl)cc3cnc(NC4CCN(C)CC4)nc32)C1. The van der Waals surface area contributed by atoms with Crippen LogP contribution in [0, 0.1) is 0 Å². The fourth-order valence-electron chi connectivity index (χ4n) is 5.34. The van der Waals surface area contributed by atoms with Gasteiger partial charge in [-0.25, -0.2) is 4.98 Å². The lowest BCUT2D eigenvalue weighted by atomic mass is 10.0. The summed E-state index contributed by atoms with van der Waals surface area (Å²) in [7, 11) is 5.12. The number of aromatic nitrogens is 3. The highest BCUT2D eigenvalue weighted by molar-refractivity contribution is 6.41. The van der Waals surface area contributed by atoms with Crippen molar-refractivity contribution in [2.45, 2.75) is 31.5 Å². The van der Waals surface area contributed by atoms with Crippen LogP contribution in [-0.2, 0) is 11.3 Å². The first-order valence-electron chi connectivity index (χ1n) is 13.7. The molecule has 0 aliphatic carbocycles. The lowest BCUT2D eigenvalue weighted by molar-refractivity contribution is -0.0516. The van der Waals surface area contributed by atoms with E-state index in [0.29, 0.717) is 52.8 Å². The van der Waals surface area contributed by atoms with E-state index in [4.69, 9.17) is 42.4 Å². The molecule has 2 saturated heterocycles. The first-order valence-corrected chi connectivity index (χ1v) is 14.5. The standard InChI is InChI=1S/C29H36Cl2N6O4/c1-5-8-36-16-20(17-36)41-12-11-37-27-18(15-32-29(34-27)33-19-6-9-35(2)10-7-19)13-21(28(37)38)24-25(30)22(39-3)14-23(40-4)26(24)31/h5,13-15,19-20H,1,6-12,16-17H2,2-4H3,(H,32,33,34). The molecule has 41 heavy (non-hydrogen) atoms. The summed E-state index contributed by atoms with van der Waals surface area (Å²) in [5.74, 6) is 1.19. The average Bonchev–Trinajstić information content (AvgIpc) is 2.94. The highest BCUT2D eigenvalue weighted by Gasteiger charge is 2.27. The summed E-state index contributed by atoms with van der Waals surface area (Å²) in [6.07, 6.45) is 5.71. The summed E-state index contributed by atoms with van der Waals surface area (Å²) in [5.41, 5.74) is 0.839. The van der Waals surface area contributed by atoms with E-state index in [0.717, 1.165) is 45.6 Å². The molecule has 1 N–H and O–H groups in total. The minimum absolute atomic E-state index is 0.114. The van der Waals surface area contributed by atoms with Crippen LogP contribution in [-0.4, -0.2) is 97.1 Å². The number of methoxy groups -OCH3 is 2. The van der Waals surface area contributed by atoms with Crippen LogP contribution in [0.25, 0.3) is 22.2 Å². The van der Waals surface area contributed by atoms with Gasteiger partial charge in [-0.1, -0.05) is 29.3 Å². The lowest BCUT2D eigenvalue weighted by Crippen LogP contribution is -2.52. The van der Waals surface area contributed by atoms with E-state index >= 15 is 0 Å². The molecule has 2 aliphatic rings. The lowest BCUT2D eigenvalue weighted by Gasteiger charge is -2.38. The van der Waals surface area contributed by atoms with E-state index in [2.05, 4.69) is 33.7 Å². The quantitative estimate of drug-likeness (QED) is 0.324. The molecule has 0 saturated carbocycles. The van der Waals surface area contributed by atoms with Gasteiger partial charge >= 0.3 is 0 Å². The van der Waals surface area contributed by atoms with Crippen molar-refractivity contribution in [2.24, 2.45) is 0 Å². The van der Waals surface area contributed by atoms with Crippen LogP contribution >= 0.6 is 23.2 Å². The number of hydrogen-bond acceptors (Lipinski definition) is 9. The first-order chi connectivity index (χ1) is 19.8. The second kappa shape index (κ2) is 13.0. The van der Waals surface area contributed by atoms with E-state index in [1.54, 1.807) is 22.9 Å². The van der Waals surface area contributed by atoms with Crippen LogP contribution in [0.4, 0.5) is 5.95 Å². The number of anilines is 1. The molecule has 3 aromatic rings. The Bertz CT molecular complexity index is 1440. The Morgan fingerprint density at radius 2 is 1.80 bits per heavy atom. The largest absolute Gasteiger partial charge is 0.495 e. The number of halogens is 2. The van der Waals surface area contributed by atoms with Crippen molar-refractivity contribution in [2.75, 3.05) is 65.9 Å². The summed E-state index contributed by atoms with van der Waals surface area (Å²) >= 11 is 13.4. The Morgan fingerprint density at radius 1 is 1.12 bits per heavy atom. The van der Waals surface area contributed by atoms with Crippen LogP contribution in [0.2, 0.25) is 10.0 Å². The number of piperidine rings is 1. The zero-order chi connectivity index (χ0) is 29.1. The number of hydrogen-bond donors (Lipinski definition) is 1. The van der Waals surface area contributed by atoms with Crippen LogP contribution < -0.4 is 20.3 Å². The molecule has 4 heterocycles. The predicted molar refractivity (Wildman–Crippen MR) is 163 cm³/mol. The zero-order valence-electron chi connectivity index (χ0n) is 23.7. The number of pyridine rings is 1. The molecular weight excluding hydrogens is 567 g/mol. The Labute approximate surface area is 249 Å². The molecule has 0 atom stereocenters. The maximum atomic E-state index is 14.1. The van der Waals surface area contributed by atoms with Crippen LogP contribution in [0.15, 0.2) is 35.8 Å². The highest BCUT2D eigenvalue weighted by Crippen LogP contribution is 2.45. The highest BCUT2D eigenvalue weighted by atomic mass is 35.5. The number of ether oxygens (including phenoxy) is 3. The maximum Gasteiger partial charge on any atom is 0.260 e. The van der Waals surface area contributed by atoms with Gasteiger partial charge in [-0.3, -0.25) is 14.3 Å². The normalized spacial score (nSPS) is 17.0. The molecule has 2 aliphatic heterocycles. The van der Waals surface area contributed by atoms with Gasteiger partial charge in [0.15, 0.2) is 0 Å². The van der Waals surface area contributed by atoms with Crippen LogP contribution in [0.5, 0.6) is 11.5 Å². The topological polar surface area (TPSA) is 94.0 Å². The molecule has 1 aromatic carbocycles. The molecular formula is C29H36Cl2N6O4. The van der Waals surface area contributed by atoms with Crippen molar-refractivity contribution in [1.82, 2.24) is 24.3 Å². The van der Waals surface area contributed by atoms with Gasteiger partial charge in [-0.2, -0.15) is 4.98 Å².